The molecule has 0 atom stereocenters. The second-order valence-electron chi connectivity index (χ2n) is 9.02. The van der Waals surface area contributed by atoms with Crippen molar-refractivity contribution in [3.05, 3.63) is 41.0 Å². The largest absolute Gasteiger partial charge is 0.475 e. The van der Waals surface area contributed by atoms with E-state index in [-0.39, 0.29) is 18.3 Å². The molecule has 0 unspecified atom stereocenters. The Kier molecular flexibility index (Phi) is 5.89. The minimum atomic E-state index is -0.0902. The summed E-state index contributed by atoms with van der Waals surface area (Å²) >= 11 is 0. The van der Waals surface area contributed by atoms with Crippen molar-refractivity contribution in [1.29, 1.82) is 0 Å². The fourth-order valence-electron chi connectivity index (χ4n) is 4.60. The zero-order valence-electron chi connectivity index (χ0n) is 18.6. The molecule has 1 aromatic heterocycles. The van der Waals surface area contributed by atoms with Gasteiger partial charge in [0.15, 0.2) is 5.82 Å². The lowest BCUT2D eigenvalue weighted by Gasteiger charge is -2.32. The van der Waals surface area contributed by atoms with Gasteiger partial charge in [-0.05, 0) is 41.9 Å². The van der Waals surface area contributed by atoms with Crippen LogP contribution in [-0.2, 0) is 29.0 Å². The molecule has 1 aliphatic carbocycles. The van der Waals surface area contributed by atoms with Crippen molar-refractivity contribution in [3.8, 4) is 5.88 Å². The Morgan fingerprint density at radius 1 is 1.19 bits per heavy atom. The molecule has 1 saturated carbocycles. The normalized spacial score (nSPS) is 18.2. The van der Waals surface area contributed by atoms with E-state index in [1.165, 1.54) is 36.1 Å². The third-order valence-electron chi connectivity index (χ3n) is 6.43. The summed E-state index contributed by atoms with van der Waals surface area (Å²) < 4.78 is 10.7. The van der Waals surface area contributed by atoms with Crippen molar-refractivity contribution >= 4 is 23.1 Å². The quantitative estimate of drug-likeness (QED) is 0.613. The second-order valence-corrected chi connectivity index (χ2v) is 9.02. The van der Waals surface area contributed by atoms with Crippen LogP contribution in [0.4, 0.5) is 17.2 Å². The monoisotopic (exact) mass is 437 g/mol. The second kappa shape index (κ2) is 8.96. The zero-order valence-corrected chi connectivity index (χ0v) is 18.6. The SMILES string of the molecule is COCCOc1cc2c(c(N)n1)NC(=O)CN2Cc1ccc2c(c1)CN(CC1CC1)CC2. The number of rotatable bonds is 8. The van der Waals surface area contributed by atoms with Gasteiger partial charge < -0.3 is 25.4 Å². The van der Waals surface area contributed by atoms with E-state index >= 15 is 0 Å². The highest BCUT2D eigenvalue weighted by Gasteiger charge is 2.28. The Bertz CT molecular complexity index is 1010. The maximum Gasteiger partial charge on any atom is 0.244 e. The molecule has 32 heavy (non-hydrogen) atoms. The number of fused-ring (bicyclic) bond motifs is 2. The lowest BCUT2D eigenvalue weighted by atomic mass is 9.97. The van der Waals surface area contributed by atoms with Crippen LogP contribution >= 0.6 is 0 Å². The Balaban J connectivity index is 1.36. The lowest BCUT2D eigenvalue weighted by molar-refractivity contribution is -0.115. The summed E-state index contributed by atoms with van der Waals surface area (Å²) in [4.78, 5) is 21.3. The highest BCUT2D eigenvalue weighted by molar-refractivity contribution is 6.04. The van der Waals surface area contributed by atoms with Crippen LogP contribution in [0.3, 0.4) is 0 Å². The molecule has 1 aromatic carbocycles. The number of nitrogens with one attached hydrogen (secondary N) is 1. The molecular formula is C24H31N5O3. The average molecular weight is 438 g/mol. The molecule has 170 valence electrons. The van der Waals surface area contributed by atoms with E-state index < -0.39 is 0 Å². The number of nitrogens with zero attached hydrogens (tertiary/aromatic N) is 3. The van der Waals surface area contributed by atoms with Gasteiger partial charge in [0, 0.05) is 39.4 Å². The van der Waals surface area contributed by atoms with Crippen LogP contribution in [0.2, 0.25) is 0 Å². The Labute approximate surface area is 188 Å². The van der Waals surface area contributed by atoms with Crippen LogP contribution in [0.1, 0.15) is 29.5 Å². The molecule has 3 N–H and O–H groups in total. The number of carbonyl (C=O) groups excluding carboxylic acids is 1. The van der Waals surface area contributed by atoms with E-state index in [1.807, 2.05) is 11.0 Å². The summed E-state index contributed by atoms with van der Waals surface area (Å²) in [6.45, 7) is 5.13. The first kappa shape index (κ1) is 21.0. The molecule has 0 bridgehead atoms. The minimum absolute atomic E-state index is 0.0902. The van der Waals surface area contributed by atoms with Crippen LogP contribution in [0.15, 0.2) is 24.3 Å². The van der Waals surface area contributed by atoms with E-state index in [2.05, 4.69) is 33.4 Å². The van der Waals surface area contributed by atoms with Gasteiger partial charge in [0.05, 0.1) is 18.8 Å². The van der Waals surface area contributed by atoms with Crippen LogP contribution in [0.5, 0.6) is 5.88 Å². The van der Waals surface area contributed by atoms with Gasteiger partial charge in [-0.15, -0.1) is 0 Å². The molecule has 8 heteroatoms. The van der Waals surface area contributed by atoms with Gasteiger partial charge in [0.2, 0.25) is 11.8 Å². The Morgan fingerprint density at radius 3 is 2.88 bits per heavy atom. The fourth-order valence-corrected chi connectivity index (χ4v) is 4.60. The third kappa shape index (κ3) is 4.66. The number of anilines is 3. The molecule has 0 saturated heterocycles. The molecule has 1 fully saturated rings. The van der Waals surface area contributed by atoms with Gasteiger partial charge in [-0.3, -0.25) is 9.69 Å². The number of benzene rings is 1. The minimum Gasteiger partial charge on any atom is -0.475 e. The Morgan fingerprint density at radius 2 is 2.06 bits per heavy atom. The van der Waals surface area contributed by atoms with Gasteiger partial charge >= 0.3 is 0 Å². The number of aromatic nitrogens is 1. The molecule has 2 aliphatic heterocycles. The number of carbonyl (C=O) groups is 1. The van der Waals surface area contributed by atoms with Crippen molar-refractivity contribution in [3.63, 3.8) is 0 Å². The first-order valence-corrected chi connectivity index (χ1v) is 11.4. The molecule has 8 nitrogen and oxygen atoms in total. The smallest absolute Gasteiger partial charge is 0.244 e. The summed E-state index contributed by atoms with van der Waals surface area (Å²) in [5.74, 6) is 1.50. The van der Waals surface area contributed by atoms with Crippen LogP contribution in [0, 0.1) is 5.92 Å². The molecule has 0 radical (unpaired) electrons. The van der Waals surface area contributed by atoms with Crippen molar-refractivity contribution in [1.82, 2.24) is 9.88 Å². The predicted molar refractivity (Wildman–Crippen MR) is 124 cm³/mol. The first-order valence-electron chi connectivity index (χ1n) is 11.4. The van der Waals surface area contributed by atoms with Crippen LogP contribution < -0.4 is 20.7 Å². The lowest BCUT2D eigenvalue weighted by Crippen LogP contribution is -2.38. The predicted octanol–water partition coefficient (Wildman–Crippen LogP) is 2.42. The van der Waals surface area contributed by atoms with Gasteiger partial charge in [-0.1, -0.05) is 18.2 Å². The number of amides is 1. The van der Waals surface area contributed by atoms with E-state index in [4.69, 9.17) is 15.2 Å². The third-order valence-corrected chi connectivity index (χ3v) is 6.43. The van der Waals surface area contributed by atoms with Gasteiger partial charge in [-0.2, -0.15) is 4.98 Å². The maximum absolute atomic E-state index is 12.4. The fraction of sp³-hybridized carbons (Fsp3) is 0.500. The number of nitrogen functional groups attached to an aromatic ring is 1. The number of pyridine rings is 1. The van der Waals surface area contributed by atoms with E-state index in [1.54, 1.807) is 7.11 Å². The van der Waals surface area contributed by atoms with Gasteiger partial charge in [-0.25, -0.2) is 0 Å². The van der Waals surface area contributed by atoms with Gasteiger partial charge in [0.1, 0.15) is 12.3 Å². The van der Waals surface area contributed by atoms with Crippen LogP contribution in [0.25, 0.3) is 0 Å². The summed E-state index contributed by atoms with van der Waals surface area (Å²) in [6, 6.07) is 8.59. The molecule has 5 rings (SSSR count). The van der Waals surface area contributed by atoms with Crippen molar-refractivity contribution < 1.29 is 14.3 Å². The van der Waals surface area contributed by atoms with Crippen molar-refractivity contribution in [2.75, 3.05) is 55.9 Å². The summed E-state index contributed by atoms with van der Waals surface area (Å²) in [7, 11) is 1.62. The van der Waals surface area contributed by atoms with Crippen LogP contribution in [-0.4, -0.2) is 55.7 Å². The van der Waals surface area contributed by atoms with Crippen molar-refractivity contribution in [2.45, 2.75) is 32.4 Å². The number of nitrogens with two attached hydrogens (primary N) is 1. The topological polar surface area (TPSA) is 92.9 Å². The molecule has 1 amide bonds. The number of hydrogen-bond donors (Lipinski definition) is 2. The standard InChI is InChI=1S/C24H31N5O3/c1-31-8-9-32-22-11-20-23(24(25)27-22)26-21(30)15-29(20)13-17-4-5-18-6-7-28(12-16-2-3-16)14-19(18)10-17/h4-5,10-11,16H,2-3,6-9,12-15H2,1H3,(H2,25,27)(H,26,30). The van der Waals surface area contributed by atoms with E-state index in [0.717, 1.165) is 31.1 Å². The highest BCUT2D eigenvalue weighted by atomic mass is 16.5. The van der Waals surface area contributed by atoms with Crippen molar-refractivity contribution in [2.24, 2.45) is 5.92 Å². The average Bonchev–Trinajstić information content (AvgIpc) is 3.58. The molecule has 3 heterocycles. The summed E-state index contributed by atoms with van der Waals surface area (Å²) in [6.07, 6.45) is 3.88. The maximum atomic E-state index is 12.4. The summed E-state index contributed by atoms with van der Waals surface area (Å²) in [5, 5.41) is 2.86. The van der Waals surface area contributed by atoms with Gasteiger partial charge in [0.25, 0.3) is 0 Å². The number of hydrogen-bond acceptors (Lipinski definition) is 7. The molecule has 3 aliphatic rings. The molecule has 0 spiro atoms. The number of ether oxygens (including phenoxy) is 2. The first-order chi connectivity index (χ1) is 15.6. The molecular weight excluding hydrogens is 406 g/mol. The van der Waals surface area contributed by atoms with E-state index in [9.17, 15) is 4.79 Å². The Hall–Kier alpha value is -2.84. The summed E-state index contributed by atoms with van der Waals surface area (Å²) in [5.41, 5.74) is 11.6. The van der Waals surface area contributed by atoms with E-state index in [0.29, 0.717) is 31.3 Å². The zero-order chi connectivity index (χ0) is 22.1. The molecule has 2 aromatic rings. The number of methoxy groups -OCH3 is 1. The highest BCUT2D eigenvalue weighted by Crippen LogP contribution is 2.37.